The fourth-order valence-electron chi connectivity index (χ4n) is 3.41. The van der Waals surface area contributed by atoms with E-state index in [1.165, 1.54) is 30.4 Å². The van der Waals surface area contributed by atoms with Crippen LogP contribution in [0.15, 0.2) is 18.2 Å². The highest BCUT2D eigenvalue weighted by molar-refractivity contribution is 5.44. The third kappa shape index (κ3) is 3.57. The number of para-hydroxylation sites is 1. The Morgan fingerprint density at radius 2 is 2.19 bits per heavy atom. The lowest BCUT2D eigenvalue weighted by Crippen LogP contribution is -2.30. The quantitative estimate of drug-likeness (QED) is 0.647. The summed E-state index contributed by atoms with van der Waals surface area (Å²) < 4.78 is 11.7. The Morgan fingerprint density at radius 1 is 1.24 bits per heavy atom. The topological polar surface area (TPSA) is 56.5 Å². The Hall–Kier alpha value is -1.10. The zero-order valence-corrected chi connectivity index (χ0v) is 12.6. The maximum Gasteiger partial charge on any atom is 0.127 e. The van der Waals surface area contributed by atoms with Gasteiger partial charge in [-0.05, 0) is 50.5 Å². The van der Waals surface area contributed by atoms with Crippen LogP contribution in [0.4, 0.5) is 0 Å². The second-order valence-electron chi connectivity index (χ2n) is 6.07. The average molecular weight is 290 g/mol. The van der Waals surface area contributed by atoms with Gasteiger partial charge in [-0.2, -0.15) is 0 Å². The Bertz CT molecular complexity index is 458. The van der Waals surface area contributed by atoms with Gasteiger partial charge < -0.3 is 9.47 Å². The van der Waals surface area contributed by atoms with Crippen molar-refractivity contribution in [2.75, 3.05) is 13.2 Å². The molecule has 0 amide bonds. The summed E-state index contributed by atoms with van der Waals surface area (Å²) in [6.45, 7) is 1.72. The molecule has 1 aromatic carbocycles. The van der Waals surface area contributed by atoms with Crippen molar-refractivity contribution in [3.8, 4) is 5.75 Å². The van der Waals surface area contributed by atoms with E-state index in [2.05, 4.69) is 23.6 Å². The van der Waals surface area contributed by atoms with Crippen LogP contribution in [0, 0.1) is 0 Å². The Labute approximate surface area is 127 Å². The highest BCUT2D eigenvalue weighted by Gasteiger charge is 2.22. The molecule has 2 unspecified atom stereocenters. The van der Waals surface area contributed by atoms with Crippen LogP contribution in [0.25, 0.3) is 0 Å². The summed E-state index contributed by atoms with van der Waals surface area (Å²) >= 11 is 0. The monoisotopic (exact) mass is 290 g/mol. The molecule has 2 heterocycles. The standard InChI is InChI=1S/C17H26N2O2/c18-19-16(10-9-14-7-1-2-11-20-14)15-8-3-5-13-6-4-12-21-17(13)15/h3,5,8,14,16,19H,1-2,4,6-7,9-12,18H2. The van der Waals surface area contributed by atoms with Crippen molar-refractivity contribution in [3.63, 3.8) is 0 Å². The number of nitrogens with one attached hydrogen (secondary N) is 1. The summed E-state index contributed by atoms with van der Waals surface area (Å²) in [5.41, 5.74) is 5.48. The van der Waals surface area contributed by atoms with E-state index in [-0.39, 0.29) is 6.04 Å². The predicted molar refractivity (Wildman–Crippen MR) is 83.1 cm³/mol. The molecule has 116 valence electrons. The smallest absolute Gasteiger partial charge is 0.127 e. The third-order valence-electron chi connectivity index (χ3n) is 4.59. The molecule has 4 nitrogen and oxygen atoms in total. The van der Waals surface area contributed by atoms with Gasteiger partial charge in [-0.15, -0.1) is 0 Å². The van der Waals surface area contributed by atoms with Crippen molar-refractivity contribution in [2.45, 2.75) is 57.1 Å². The molecule has 0 radical (unpaired) electrons. The maximum absolute atomic E-state index is 5.90. The molecule has 1 saturated heterocycles. The number of hydrogen-bond acceptors (Lipinski definition) is 4. The number of rotatable bonds is 5. The van der Waals surface area contributed by atoms with E-state index in [4.69, 9.17) is 15.3 Å². The van der Waals surface area contributed by atoms with Crippen LogP contribution in [-0.4, -0.2) is 19.3 Å². The van der Waals surface area contributed by atoms with Gasteiger partial charge in [0.15, 0.2) is 0 Å². The van der Waals surface area contributed by atoms with E-state index >= 15 is 0 Å². The summed E-state index contributed by atoms with van der Waals surface area (Å²) in [5.74, 6) is 6.86. The molecule has 21 heavy (non-hydrogen) atoms. The van der Waals surface area contributed by atoms with E-state index in [1.54, 1.807) is 0 Å². The second kappa shape index (κ2) is 7.25. The SMILES string of the molecule is NNC(CCC1CCCCO1)c1cccc2c1OCCC2. The molecule has 3 rings (SSSR count). The summed E-state index contributed by atoms with van der Waals surface area (Å²) in [7, 11) is 0. The van der Waals surface area contributed by atoms with Crippen LogP contribution in [0.2, 0.25) is 0 Å². The molecule has 2 aliphatic heterocycles. The lowest BCUT2D eigenvalue weighted by molar-refractivity contribution is 0.00849. The average Bonchev–Trinajstić information content (AvgIpc) is 2.56. The highest BCUT2D eigenvalue weighted by Crippen LogP contribution is 2.35. The fourth-order valence-corrected chi connectivity index (χ4v) is 3.41. The van der Waals surface area contributed by atoms with Crippen LogP contribution >= 0.6 is 0 Å². The first-order valence-corrected chi connectivity index (χ1v) is 8.21. The van der Waals surface area contributed by atoms with E-state index < -0.39 is 0 Å². The Balaban J connectivity index is 1.68. The van der Waals surface area contributed by atoms with Gasteiger partial charge in [0.05, 0.1) is 12.7 Å². The van der Waals surface area contributed by atoms with E-state index in [0.717, 1.165) is 44.6 Å². The normalized spacial score (nSPS) is 23.2. The molecule has 3 N–H and O–H groups in total. The van der Waals surface area contributed by atoms with Crippen molar-refractivity contribution in [1.82, 2.24) is 5.43 Å². The lowest BCUT2D eigenvalue weighted by Gasteiger charge is -2.27. The number of hydrogen-bond donors (Lipinski definition) is 2. The first-order valence-electron chi connectivity index (χ1n) is 8.21. The van der Waals surface area contributed by atoms with Gasteiger partial charge in [-0.1, -0.05) is 18.2 Å². The molecule has 0 aliphatic carbocycles. The lowest BCUT2D eigenvalue weighted by atomic mass is 9.94. The van der Waals surface area contributed by atoms with Crippen molar-refractivity contribution in [3.05, 3.63) is 29.3 Å². The molecule has 0 spiro atoms. The molecule has 2 aliphatic rings. The van der Waals surface area contributed by atoms with Crippen molar-refractivity contribution in [1.29, 1.82) is 0 Å². The Kier molecular flexibility index (Phi) is 5.12. The number of fused-ring (bicyclic) bond motifs is 1. The largest absolute Gasteiger partial charge is 0.493 e. The fraction of sp³-hybridized carbons (Fsp3) is 0.647. The maximum atomic E-state index is 5.90. The van der Waals surface area contributed by atoms with Crippen LogP contribution in [0.1, 0.15) is 55.7 Å². The molecule has 1 aromatic rings. The molecular formula is C17H26N2O2. The minimum absolute atomic E-state index is 0.142. The molecular weight excluding hydrogens is 264 g/mol. The third-order valence-corrected chi connectivity index (χ3v) is 4.59. The van der Waals surface area contributed by atoms with Gasteiger partial charge in [-0.3, -0.25) is 11.3 Å². The minimum Gasteiger partial charge on any atom is -0.493 e. The zero-order chi connectivity index (χ0) is 14.5. The number of benzene rings is 1. The van der Waals surface area contributed by atoms with Crippen LogP contribution < -0.4 is 16.0 Å². The van der Waals surface area contributed by atoms with Crippen LogP contribution in [-0.2, 0) is 11.2 Å². The molecule has 2 atom stereocenters. The van der Waals surface area contributed by atoms with Crippen LogP contribution in [0.5, 0.6) is 5.75 Å². The first-order chi connectivity index (χ1) is 10.4. The molecule has 0 aromatic heterocycles. The summed E-state index contributed by atoms with van der Waals surface area (Å²) in [5, 5.41) is 0. The molecule has 0 bridgehead atoms. The van der Waals surface area contributed by atoms with Crippen molar-refractivity contribution < 1.29 is 9.47 Å². The highest BCUT2D eigenvalue weighted by atomic mass is 16.5. The summed E-state index contributed by atoms with van der Waals surface area (Å²) in [4.78, 5) is 0. The minimum atomic E-state index is 0.142. The molecule has 1 fully saturated rings. The molecule has 4 heteroatoms. The van der Waals surface area contributed by atoms with Gasteiger partial charge in [0, 0.05) is 18.2 Å². The van der Waals surface area contributed by atoms with Crippen LogP contribution in [0.3, 0.4) is 0 Å². The number of aryl methyl sites for hydroxylation is 1. The van der Waals surface area contributed by atoms with Gasteiger partial charge in [0.25, 0.3) is 0 Å². The second-order valence-corrected chi connectivity index (χ2v) is 6.07. The van der Waals surface area contributed by atoms with Gasteiger partial charge in [0.1, 0.15) is 5.75 Å². The first kappa shape index (κ1) is 14.8. The predicted octanol–water partition coefficient (Wildman–Crippen LogP) is 2.87. The van der Waals surface area contributed by atoms with Gasteiger partial charge in [0.2, 0.25) is 0 Å². The number of ether oxygens (including phenoxy) is 2. The van der Waals surface area contributed by atoms with Crippen molar-refractivity contribution >= 4 is 0 Å². The summed E-state index contributed by atoms with van der Waals surface area (Å²) in [6, 6.07) is 6.56. The Morgan fingerprint density at radius 3 is 3.00 bits per heavy atom. The van der Waals surface area contributed by atoms with E-state index in [1.807, 2.05) is 0 Å². The number of nitrogens with two attached hydrogens (primary N) is 1. The molecule has 0 saturated carbocycles. The van der Waals surface area contributed by atoms with E-state index in [0.29, 0.717) is 6.10 Å². The zero-order valence-electron chi connectivity index (χ0n) is 12.6. The van der Waals surface area contributed by atoms with E-state index in [9.17, 15) is 0 Å². The van der Waals surface area contributed by atoms with Gasteiger partial charge >= 0.3 is 0 Å². The van der Waals surface area contributed by atoms with Crippen molar-refractivity contribution in [2.24, 2.45) is 5.84 Å². The van der Waals surface area contributed by atoms with Gasteiger partial charge in [-0.25, -0.2) is 0 Å². The summed E-state index contributed by atoms with van der Waals surface area (Å²) in [6.07, 6.45) is 8.32. The number of hydrazine groups is 1.